The first-order valence-electron chi connectivity index (χ1n) is 8.25. The number of hydrogen-bond donors (Lipinski definition) is 4. The van der Waals surface area contributed by atoms with Gasteiger partial charge in [0.15, 0.2) is 0 Å². The van der Waals surface area contributed by atoms with Crippen LogP contribution in [0.4, 0.5) is 30.2 Å². The van der Waals surface area contributed by atoms with Gasteiger partial charge in [0, 0.05) is 24.7 Å². The van der Waals surface area contributed by atoms with Crippen LogP contribution in [-0.4, -0.2) is 27.3 Å². The number of aromatic nitrogens is 2. The number of imidazole rings is 1. The molecule has 0 aliphatic rings. The normalized spacial score (nSPS) is 11.4. The molecule has 1 amide bonds. The quantitative estimate of drug-likeness (QED) is 0.366. The third kappa shape index (κ3) is 4.72. The molecule has 0 unspecified atom stereocenters. The SMILES string of the molecule is O=C(CCNc1ccc(C(F)(F)F)cc1[N+](=O)[O-])Nc1ccc2[nH]c(=O)[nH]c2c1. The van der Waals surface area contributed by atoms with E-state index in [1.807, 2.05) is 0 Å². The van der Waals surface area contributed by atoms with Gasteiger partial charge < -0.3 is 20.6 Å². The Labute approximate surface area is 160 Å². The van der Waals surface area contributed by atoms with Crippen LogP contribution in [0.25, 0.3) is 11.0 Å². The molecule has 152 valence electrons. The number of nitrogens with one attached hydrogen (secondary N) is 4. The molecule has 0 saturated carbocycles. The lowest BCUT2D eigenvalue weighted by molar-refractivity contribution is -0.384. The zero-order valence-corrected chi connectivity index (χ0v) is 14.6. The molecule has 0 aliphatic carbocycles. The Morgan fingerprint density at radius 3 is 2.52 bits per heavy atom. The third-order valence-electron chi connectivity index (χ3n) is 3.99. The van der Waals surface area contributed by atoms with Crippen molar-refractivity contribution in [2.24, 2.45) is 0 Å². The maximum atomic E-state index is 12.7. The van der Waals surface area contributed by atoms with Gasteiger partial charge in [0.1, 0.15) is 5.69 Å². The van der Waals surface area contributed by atoms with Crippen LogP contribution in [0.3, 0.4) is 0 Å². The predicted molar refractivity (Wildman–Crippen MR) is 98.8 cm³/mol. The number of rotatable bonds is 6. The number of hydrogen-bond acceptors (Lipinski definition) is 5. The van der Waals surface area contributed by atoms with Crippen LogP contribution in [-0.2, 0) is 11.0 Å². The molecular weight excluding hydrogens is 395 g/mol. The van der Waals surface area contributed by atoms with Gasteiger partial charge in [0.25, 0.3) is 5.69 Å². The summed E-state index contributed by atoms with van der Waals surface area (Å²) >= 11 is 0. The fourth-order valence-electron chi connectivity index (χ4n) is 2.65. The summed E-state index contributed by atoms with van der Waals surface area (Å²) in [6.07, 6.45) is -4.80. The van der Waals surface area contributed by atoms with E-state index in [1.54, 1.807) is 18.2 Å². The smallest absolute Gasteiger partial charge is 0.379 e. The lowest BCUT2D eigenvalue weighted by atomic mass is 10.1. The Morgan fingerprint density at radius 2 is 1.83 bits per heavy atom. The molecule has 3 aromatic rings. The highest BCUT2D eigenvalue weighted by Crippen LogP contribution is 2.34. The Bertz CT molecular complexity index is 1140. The summed E-state index contributed by atoms with van der Waals surface area (Å²) in [6, 6.07) is 6.86. The Balaban J connectivity index is 1.62. The van der Waals surface area contributed by atoms with E-state index in [1.165, 1.54) is 0 Å². The van der Waals surface area contributed by atoms with Crippen molar-refractivity contribution < 1.29 is 22.9 Å². The maximum absolute atomic E-state index is 12.7. The van der Waals surface area contributed by atoms with Gasteiger partial charge in [-0.25, -0.2) is 4.79 Å². The van der Waals surface area contributed by atoms with Gasteiger partial charge in [-0.2, -0.15) is 13.2 Å². The number of halogens is 3. The minimum absolute atomic E-state index is 0.0404. The van der Waals surface area contributed by atoms with Crippen molar-refractivity contribution in [2.45, 2.75) is 12.6 Å². The average molecular weight is 409 g/mol. The van der Waals surface area contributed by atoms with E-state index in [4.69, 9.17) is 0 Å². The van der Waals surface area contributed by atoms with Crippen molar-refractivity contribution in [1.82, 2.24) is 9.97 Å². The van der Waals surface area contributed by atoms with Crippen LogP contribution < -0.4 is 16.3 Å². The first-order chi connectivity index (χ1) is 13.6. The van der Waals surface area contributed by atoms with Crippen molar-refractivity contribution in [3.63, 3.8) is 0 Å². The second-order valence-corrected chi connectivity index (χ2v) is 6.05. The molecular formula is C17H14F3N5O4. The topological polar surface area (TPSA) is 133 Å². The van der Waals surface area contributed by atoms with E-state index in [0.717, 1.165) is 12.1 Å². The largest absolute Gasteiger partial charge is 0.416 e. The van der Waals surface area contributed by atoms with Gasteiger partial charge in [-0.1, -0.05) is 0 Å². The van der Waals surface area contributed by atoms with Gasteiger partial charge in [-0.15, -0.1) is 0 Å². The molecule has 0 aliphatic heterocycles. The number of H-pyrrole nitrogens is 2. The van der Waals surface area contributed by atoms with Crippen LogP contribution in [0.15, 0.2) is 41.2 Å². The molecule has 4 N–H and O–H groups in total. The summed E-state index contributed by atoms with van der Waals surface area (Å²) in [5.41, 5.74) is -0.866. The number of nitrogens with zero attached hydrogens (tertiary/aromatic N) is 1. The first kappa shape index (κ1) is 19.9. The second-order valence-electron chi connectivity index (χ2n) is 6.05. The highest BCUT2D eigenvalue weighted by Gasteiger charge is 2.33. The zero-order chi connectivity index (χ0) is 21.2. The molecule has 3 rings (SSSR count). The van der Waals surface area contributed by atoms with Crippen molar-refractivity contribution in [1.29, 1.82) is 0 Å². The van der Waals surface area contributed by atoms with Crippen LogP contribution in [0.1, 0.15) is 12.0 Å². The first-order valence-corrected chi connectivity index (χ1v) is 8.25. The Morgan fingerprint density at radius 1 is 1.10 bits per heavy atom. The van der Waals surface area contributed by atoms with Crippen LogP contribution >= 0.6 is 0 Å². The number of amides is 1. The number of carbonyl (C=O) groups is 1. The number of benzene rings is 2. The molecule has 0 radical (unpaired) electrons. The molecule has 0 saturated heterocycles. The van der Waals surface area contributed by atoms with Crippen LogP contribution in [0.5, 0.6) is 0 Å². The van der Waals surface area contributed by atoms with E-state index in [-0.39, 0.29) is 24.3 Å². The van der Waals surface area contributed by atoms with Gasteiger partial charge >= 0.3 is 11.9 Å². The number of fused-ring (bicyclic) bond motifs is 1. The number of alkyl halides is 3. The van der Waals surface area contributed by atoms with E-state index >= 15 is 0 Å². The van der Waals surface area contributed by atoms with E-state index in [9.17, 15) is 32.9 Å². The number of nitro benzene ring substituents is 1. The molecule has 12 heteroatoms. The summed E-state index contributed by atoms with van der Waals surface area (Å²) in [5.74, 6) is -0.427. The monoisotopic (exact) mass is 409 g/mol. The van der Waals surface area contributed by atoms with Crippen molar-refractivity contribution in [2.75, 3.05) is 17.2 Å². The maximum Gasteiger partial charge on any atom is 0.416 e. The van der Waals surface area contributed by atoms with Crippen LogP contribution in [0, 0.1) is 10.1 Å². The van der Waals surface area contributed by atoms with Crippen molar-refractivity contribution in [3.05, 3.63) is 62.6 Å². The number of carbonyl (C=O) groups excluding carboxylic acids is 1. The summed E-state index contributed by atoms with van der Waals surface area (Å²) in [5, 5.41) is 16.2. The van der Waals surface area contributed by atoms with Crippen molar-refractivity contribution in [3.8, 4) is 0 Å². The number of nitro groups is 1. The van der Waals surface area contributed by atoms with Gasteiger partial charge in [-0.3, -0.25) is 14.9 Å². The Hall–Kier alpha value is -3.83. The lowest BCUT2D eigenvalue weighted by Gasteiger charge is -2.11. The summed E-state index contributed by atoms with van der Waals surface area (Å²) in [6.45, 7) is -0.0404. The molecule has 29 heavy (non-hydrogen) atoms. The minimum Gasteiger partial charge on any atom is -0.379 e. The van der Waals surface area contributed by atoms with Gasteiger partial charge in [0.2, 0.25) is 5.91 Å². The minimum atomic E-state index is -4.70. The fourth-order valence-corrected chi connectivity index (χ4v) is 2.65. The molecule has 2 aromatic carbocycles. The third-order valence-corrected chi connectivity index (χ3v) is 3.99. The zero-order valence-electron chi connectivity index (χ0n) is 14.6. The number of aromatic amines is 2. The van der Waals surface area contributed by atoms with Gasteiger partial charge in [0.05, 0.1) is 21.5 Å². The molecule has 0 spiro atoms. The summed E-state index contributed by atoms with van der Waals surface area (Å²) in [4.78, 5) is 38.5. The van der Waals surface area contributed by atoms with E-state index < -0.39 is 28.3 Å². The molecule has 9 nitrogen and oxygen atoms in total. The van der Waals surface area contributed by atoms with E-state index in [0.29, 0.717) is 22.8 Å². The Kier molecular flexibility index (Phi) is 5.26. The van der Waals surface area contributed by atoms with Gasteiger partial charge in [-0.05, 0) is 30.3 Å². The summed E-state index contributed by atoms with van der Waals surface area (Å²) < 4.78 is 38.1. The van der Waals surface area contributed by atoms with Crippen molar-refractivity contribution >= 4 is 34.0 Å². The molecule has 1 heterocycles. The molecule has 1 aromatic heterocycles. The summed E-state index contributed by atoms with van der Waals surface area (Å²) in [7, 11) is 0. The highest BCUT2D eigenvalue weighted by molar-refractivity contribution is 5.93. The lowest BCUT2D eigenvalue weighted by Crippen LogP contribution is -2.16. The van der Waals surface area contributed by atoms with Crippen LogP contribution in [0.2, 0.25) is 0 Å². The predicted octanol–water partition coefficient (Wildman–Crippen LogP) is 3.22. The fraction of sp³-hybridized carbons (Fsp3) is 0.176. The second kappa shape index (κ2) is 7.66. The standard InChI is InChI=1S/C17H14F3N5O4/c18-17(19,20)9-1-3-12(14(7-9)25(28)29)21-6-5-15(26)22-10-2-4-11-13(8-10)24-16(27)23-11/h1-4,7-8,21H,5-6H2,(H,22,26)(H2,23,24,27). The number of anilines is 2. The molecule has 0 bridgehead atoms. The highest BCUT2D eigenvalue weighted by atomic mass is 19.4. The molecule has 0 fully saturated rings. The average Bonchev–Trinajstić information content (AvgIpc) is 3.00. The van der Waals surface area contributed by atoms with E-state index in [2.05, 4.69) is 20.6 Å². The molecule has 0 atom stereocenters.